The molecule has 0 aliphatic heterocycles. The van der Waals surface area contributed by atoms with Gasteiger partial charge in [-0.15, -0.1) is 0 Å². The van der Waals surface area contributed by atoms with Crippen molar-refractivity contribution < 1.29 is 27.5 Å². The third kappa shape index (κ3) is 7.01. The number of alkyl halides is 3. The highest BCUT2D eigenvalue weighted by molar-refractivity contribution is 5.93. The molecule has 0 aromatic carbocycles. The molecule has 156 valence electrons. The molecule has 2 amide bonds. The lowest BCUT2D eigenvalue weighted by atomic mass is 10.1. The molecule has 0 spiro atoms. The van der Waals surface area contributed by atoms with Crippen LogP contribution in [0.5, 0.6) is 5.88 Å². The van der Waals surface area contributed by atoms with Crippen LogP contribution in [0.25, 0.3) is 0 Å². The number of rotatable bonds is 7. The quantitative estimate of drug-likeness (QED) is 0.726. The summed E-state index contributed by atoms with van der Waals surface area (Å²) < 4.78 is 41.2. The number of hydrogen-bond acceptors (Lipinski definition) is 6. The van der Waals surface area contributed by atoms with Crippen LogP contribution in [0.1, 0.15) is 40.7 Å². The highest BCUT2D eigenvalue weighted by Gasteiger charge is 2.28. The number of carbonyl (C=O) groups is 2. The zero-order chi connectivity index (χ0) is 21.6. The van der Waals surface area contributed by atoms with Gasteiger partial charge in [0.1, 0.15) is 5.69 Å². The predicted molar refractivity (Wildman–Crippen MR) is 97.4 cm³/mol. The van der Waals surface area contributed by atoms with E-state index in [0.717, 1.165) is 0 Å². The average Bonchev–Trinajstić information content (AvgIpc) is 2.64. The van der Waals surface area contributed by atoms with Gasteiger partial charge in [-0.05, 0) is 31.0 Å². The topological polar surface area (TPSA) is 106 Å². The van der Waals surface area contributed by atoms with E-state index in [-0.39, 0.29) is 36.4 Å². The van der Waals surface area contributed by atoms with Crippen LogP contribution in [-0.2, 0) is 11.3 Å². The first kappa shape index (κ1) is 22.1. The summed E-state index contributed by atoms with van der Waals surface area (Å²) in [5.74, 6) is -0.903. The van der Waals surface area contributed by atoms with Gasteiger partial charge in [-0.3, -0.25) is 14.9 Å². The van der Waals surface area contributed by atoms with Crippen molar-refractivity contribution >= 4 is 17.8 Å². The first-order valence-corrected chi connectivity index (χ1v) is 8.66. The van der Waals surface area contributed by atoms with Crippen molar-refractivity contribution in [2.24, 2.45) is 0 Å². The Balaban J connectivity index is 2.02. The number of hydrogen-bond donors (Lipinski definition) is 2. The molecule has 0 bridgehead atoms. The van der Waals surface area contributed by atoms with Crippen LogP contribution in [0.2, 0.25) is 0 Å². The van der Waals surface area contributed by atoms with Crippen molar-refractivity contribution in [3.8, 4) is 5.88 Å². The van der Waals surface area contributed by atoms with E-state index in [1.165, 1.54) is 18.3 Å². The number of halogens is 3. The van der Waals surface area contributed by atoms with Crippen molar-refractivity contribution in [1.82, 2.24) is 20.3 Å². The van der Waals surface area contributed by atoms with E-state index < -0.39 is 18.7 Å². The number of carbonyl (C=O) groups excluding carboxylic acids is 2. The molecule has 8 nitrogen and oxygen atoms in total. The van der Waals surface area contributed by atoms with Crippen LogP contribution < -0.4 is 15.4 Å². The average molecular weight is 411 g/mol. The normalized spacial score (nSPS) is 11.1. The van der Waals surface area contributed by atoms with E-state index in [1.54, 1.807) is 20.8 Å². The maximum absolute atomic E-state index is 12.4. The number of aryl methyl sites for hydroxylation is 2. The largest absolute Gasteiger partial charge is 0.468 e. The molecule has 2 aromatic rings. The van der Waals surface area contributed by atoms with Gasteiger partial charge in [-0.1, -0.05) is 6.92 Å². The van der Waals surface area contributed by atoms with Gasteiger partial charge in [0.25, 0.3) is 5.91 Å². The molecule has 2 rings (SSSR count). The van der Waals surface area contributed by atoms with E-state index in [0.29, 0.717) is 16.8 Å². The van der Waals surface area contributed by atoms with Crippen LogP contribution >= 0.6 is 0 Å². The number of pyridine rings is 1. The van der Waals surface area contributed by atoms with Crippen molar-refractivity contribution in [2.45, 2.75) is 39.9 Å². The maximum atomic E-state index is 12.4. The van der Waals surface area contributed by atoms with Gasteiger partial charge >= 0.3 is 6.18 Å². The first-order chi connectivity index (χ1) is 13.6. The molecule has 0 radical (unpaired) electrons. The Morgan fingerprint density at radius 2 is 1.90 bits per heavy atom. The summed E-state index contributed by atoms with van der Waals surface area (Å²) in [6.45, 7) is 3.65. The maximum Gasteiger partial charge on any atom is 0.422 e. The number of amides is 2. The number of nitrogens with one attached hydrogen (secondary N) is 2. The minimum absolute atomic E-state index is 0.0333. The molecule has 0 aliphatic carbocycles. The lowest BCUT2D eigenvalue weighted by Crippen LogP contribution is -2.25. The summed E-state index contributed by atoms with van der Waals surface area (Å²) in [5.41, 5.74) is 1.77. The smallest absolute Gasteiger partial charge is 0.422 e. The lowest BCUT2D eigenvalue weighted by Gasteiger charge is -2.12. The Morgan fingerprint density at radius 3 is 2.52 bits per heavy atom. The first-order valence-electron chi connectivity index (χ1n) is 8.66. The van der Waals surface area contributed by atoms with Crippen molar-refractivity contribution in [1.29, 1.82) is 0 Å². The highest BCUT2D eigenvalue weighted by atomic mass is 19.4. The molecule has 0 fully saturated rings. The molecule has 11 heteroatoms. The second kappa shape index (κ2) is 9.30. The molecule has 29 heavy (non-hydrogen) atoms. The number of anilines is 1. The van der Waals surface area contributed by atoms with E-state index in [9.17, 15) is 22.8 Å². The summed E-state index contributed by atoms with van der Waals surface area (Å²) in [7, 11) is 0. The number of nitrogens with zero attached hydrogens (tertiary/aromatic N) is 3. The molecular formula is C18H20F3N5O3. The van der Waals surface area contributed by atoms with Crippen LogP contribution in [0.3, 0.4) is 0 Å². The summed E-state index contributed by atoms with van der Waals surface area (Å²) in [6, 6.07) is 2.83. The zero-order valence-electron chi connectivity index (χ0n) is 16.1. The molecule has 0 aliphatic rings. The van der Waals surface area contributed by atoms with Gasteiger partial charge in [0.15, 0.2) is 6.61 Å². The summed E-state index contributed by atoms with van der Waals surface area (Å²) in [5, 5.41) is 5.15. The summed E-state index contributed by atoms with van der Waals surface area (Å²) >= 11 is 0. The standard InChI is InChI=1S/C18H20F3N5O3/c1-4-14(27)26-17-24-11(3)6-13(25-17)16(28)23-8-12-7-22-15(5-10(12)2)29-9-18(19,20)21/h5-7H,4,8-9H2,1-3H3,(H,23,28)(H,24,25,26,27). The fraction of sp³-hybridized carbons (Fsp3) is 0.389. The Bertz CT molecular complexity index is 903. The van der Waals surface area contributed by atoms with E-state index in [4.69, 9.17) is 0 Å². The summed E-state index contributed by atoms with van der Waals surface area (Å²) in [6.07, 6.45) is -2.87. The molecule has 2 aromatic heterocycles. The van der Waals surface area contributed by atoms with E-state index in [2.05, 4.69) is 30.3 Å². The molecule has 2 N–H and O–H groups in total. The minimum Gasteiger partial charge on any atom is -0.468 e. The number of aromatic nitrogens is 3. The molecule has 0 atom stereocenters. The van der Waals surface area contributed by atoms with Gasteiger partial charge < -0.3 is 10.1 Å². The second-order valence-electron chi connectivity index (χ2n) is 6.16. The van der Waals surface area contributed by atoms with Crippen molar-refractivity contribution in [2.75, 3.05) is 11.9 Å². The Hall–Kier alpha value is -3.24. The zero-order valence-corrected chi connectivity index (χ0v) is 16.1. The van der Waals surface area contributed by atoms with Crippen LogP contribution in [0.4, 0.5) is 19.1 Å². The molecule has 0 saturated heterocycles. The molecule has 0 unspecified atom stereocenters. The summed E-state index contributed by atoms with van der Waals surface area (Å²) in [4.78, 5) is 35.8. The third-order valence-corrected chi connectivity index (χ3v) is 3.68. The fourth-order valence-corrected chi connectivity index (χ4v) is 2.20. The van der Waals surface area contributed by atoms with Crippen molar-refractivity contribution in [3.63, 3.8) is 0 Å². The van der Waals surface area contributed by atoms with Gasteiger partial charge in [0.05, 0.1) is 0 Å². The SMILES string of the molecule is CCC(=O)Nc1nc(C)cc(C(=O)NCc2cnc(OCC(F)(F)F)cc2C)n1. The van der Waals surface area contributed by atoms with Gasteiger partial charge in [-0.2, -0.15) is 13.2 Å². The molecule has 2 heterocycles. The molecule has 0 saturated carbocycles. The lowest BCUT2D eigenvalue weighted by molar-refractivity contribution is -0.154. The third-order valence-electron chi connectivity index (χ3n) is 3.68. The molecular weight excluding hydrogens is 391 g/mol. The van der Waals surface area contributed by atoms with Gasteiger partial charge in [-0.25, -0.2) is 15.0 Å². The van der Waals surface area contributed by atoms with Gasteiger partial charge in [0, 0.05) is 30.9 Å². The van der Waals surface area contributed by atoms with Crippen LogP contribution in [0.15, 0.2) is 18.3 Å². The highest BCUT2D eigenvalue weighted by Crippen LogP contribution is 2.19. The number of ether oxygens (including phenoxy) is 1. The van der Waals surface area contributed by atoms with Gasteiger partial charge in [0.2, 0.25) is 17.7 Å². The second-order valence-corrected chi connectivity index (χ2v) is 6.16. The fourth-order valence-electron chi connectivity index (χ4n) is 2.20. The minimum atomic E-state index is -4.45. The predicted octanol–water partition coefficient (Wildman–Crippen LogP) is 2.71. The monoisotopic (exact) mass is 411 g/mol. The van der Waals surface area contributed by atoms with Crippen LogP contribution in [0, 0.1) is 13.8 Å². The Labute approximate surface area is 164 Å². The Morgan fingerprint density at radius 1 is 1.17 bits per heavy atom. The van der Waals surface area contributed by atoms with Crippen LogP contribution in [-0.4, -0.2) is 39.5 Å². The Kier molecular flexibility index (Phi) is 7.08. The van der Waals surface area contributed by atoms with E-state index >= 15 is 0 Å². The van der Waals surface area contributed by atoms with E-state index in [1.807, 2.05) is 0 Å². The van der Waals surface area contributed by atoms with Crippen molar-refractivity contribution in [3.05, 3.63) is 40.8 Å².